The monoisotopic (exact) mass is 388 g/mol. The topological polar surface area (TPSA) is 35.0 Å². The Labute approximate surface area is 164 Å². The fourth-order valence-electron chi connectivity index (χ4n) is 2.86. The normalized spacial score (nSPS) is 11.3. The number of unbranched alkanes of at least 4 members (excludes halogenated alkanes) is 5. The minimum Gasteiger partial charge on any atom is -0.484 e. The molecule has 140 valence electrons. The molecule has 0 radical (unpaired) electrons. The van der Waals surface area contributed by atoms with E-state index >= 15 is 0 Å². The van der Waals surface area contributed by atoms with Crippen LogP contribution in [-0.2, 0) is 6.42 Å². The van der Waals surface area contributed by atoms with Gasteiger partial charge in [0, 0.05) is 27.9 Å². The molecule has 3 aromatic heterocycles. The summed E-state index contributed by atoms with van der Waals surface area (Å²) in [6.07, 6.45) is 13.9. The quantitative estimate of drug-likeness (QED) is 0.328. The van der Waals surface area contributed by atoms with E-state index in [1.807, 2.05) is 12.4 Å². The molecular weight excluding hydrogens is 360 g/mol. The van der Waals surface area contributed by atoms with Crippen molar-refractivity contribution in [1.29, 1.82) is 0 Å². The predicted molar refractivity (Wildman–Crippen MR) is 114 cm³/mol. The maximum Gasteiger partial charge on any atom is 0.175 e. The van der Waals surface area contributed by atoms with Gasteiger partial charge in [0.2, 0.25) is 0 Å². The highest BCUT2D eigenvalue weighted by atomic mass is 32.1. The molecule has 0 N–H and O–H groups in total. The Morgan fingerprint density at radius 1 is 0.846 bits per heavy atom. The Bertz CT molecular complexity index is 761. The molecule has 3 nitrogen and oxygen atoms in total. The lowest BCUT2D eigenvalue weighted by Gasteiger charge is -2.02. The summed E-state index contributed by atoms with van der Waals surface area (Å²) in [6.45, 7) is 5.24. The Kier molecular flexibility index (Phi) is 7.44. The van der Waals surface area contributed by atoms with E-state index in [1.165, 1.54) is 47.1 Å². The molecule has 0 spiro atoms. The van der Waals surface area contributed by atoms with Crippen molar-refractivity contribution in [3.8, 4) is 15.8 Å². The molecule has 0 saturated heterocycles. The van der Waals surface area contributed by atoms with Crippen LogP contribution in [0.1, 0.15) is 64.4 Å². The third-order valence-electron chi connectivity index (χ3n) is 4.42. The highest BCUT2D eigenvalue weighted by Gasteiger charge is 2.11. The van der Waals surface area contributed by atoms with E-state index in [9.17, 15) is 0 Å². The minimum atomic E-state index is 0.806. The highest BCUT2D eigenvalue weighted by molar-refractivity contribution is 7.30. The van der Waals surface area contributed by atoms with Crippen LogP contribution in [-0.4, -0.2) is 16.6 Å². The van der Waals surface area contributed by atoms with Crippen LogP contribution in [0.2, 0.25) is 0 Å². The van der Waals surface area contributed by atoms with E-state index < -0.39 is 0 Å². The zero-order chi connectivity index (χ0) is 18.2. The summed E-state index contributed by atoms with van der Waals surface area (Å²) in [6, 6.07) is 4.34. The van der Waals surface area contributed by atoms with Gasteiger partial charge in [0.05, 0.1) is 11.5 Å². The van der Waals surface area contributed by atoms with Crippen molar-refractivity contribution < 1.29 is 4.74 Å². The standard InChI is InChI=1S/C21H28N2OS2/c1-3-5-7-8-9-10-16-14-22-21(23-15-16)19-12-17-18(25-19)13-20(26-17)24-11-6-4-2/h12-15H,3-11H2,1-2H3. The second kappa shape index (κ2) is 10.0. The average molecular weight is 389 g/mol. The molecule has 0 aromatic carbocycles. The Hall–Kier alpha value is -1.46. The second-order valence-electron chi connectivity index (χ2n) is 6.69. The van der Waals surface area contributed by atoms with Gasteiger partial charge >= 0.3 is 0 Å². The lowest BCUT2D eigenvalue weighted by molar-refractivity contribution is 0.318. The van der Waals surface area contributed by atoms with Gasteiger partial charge < -0.3 is 4.74 Å². The first-order chi connectivity index (χ1) is 12.8. The molecule has 0 saturated carbocycles. The first-order valence-corrected chi connectivity index (χ1v) is 11.4. The number of ether oxygens (including phenoxy) is 1. The largest absolute Gasteiger partial charge is 0.484 e. The Morgan fingerprint density at radius 3 is 2.31 bits per heavy atom. The number of aryl methyl sites for hydroxylation is 1. The van der Waals surface area contributed by atoms with E-state index in [-0.39, 0.29) is 0 Å². The van der Waals surface area contributed by atoms with Crippen LogP contribution in [0.3, 0.4) is 0 Å². The summed E-state index contributed by atoms with van der Waals surface area (Å²) in [5, 5.41) is 1.02. The van der Waals surface area contributed by atoms with E-state index in [0.717, 1.165) is 41.6 Å². The van der Waals surface area contributed by atoms with Gasteiger partial charge in [-0.3, -0.25) is 0 Å². The third kappa shape index (κ3) is 5.27. The summed E-state index contributed by atoms with van der Waals surface area (Å²) < 4.78 is 8.33. The number of rotatable bonds is 11. The van der Waals surface area contributed by atoms with Crippen molar-refractivity contribution in [1.82, 2.24) is 9.97 Å². The summed E-state index contributed by atoms with van der Waals surface area (Å²) in [5.74, 6) is 0.835. The maximum absolute atomic E-state index is 5.81. The van der Waals surface area contributed by atoms with Crippen molar-refractivity contribution in [2.24, 2.45) is 0 Å². The molecule has 0 amide bonds. The van der Waals surface area contributed by atoms with Crippen LogP contribution in [0, 0.1) is 0 Å². The molecule has 0 aliphatic carbocycles. The average Bonchev–Trinajstić information content (AvgIpc) is 3.21. The molecule has 0 aliphatic heterocycles. The van der Waals surface area contributed by atoms with Crippen molar-refractivity contribution in [3.63, 3.8) is 0 Å². The van der Waals surface area contributed by atoms with E-state index in [1.54, 1.807) is 22.7 Å². The molecule has 0 bridgehead atoms. The molecule has 0 unspecified atom stereocenters. The van der Waals surface area contributed by atoms with Crippen molar-refractivity contribution >= 4 is 32.1 Å². The molecule has 5 heteroatoms. The molecule has 0 fully saturated rings. The van der Waals surface area contributed by atoms with E-state index in [4.69, 9.17) is 4.74 Å². The number of fused-ring (bicyclic) bond motifs is 1. The molecule has 3 heterocycles. The summed E-state index contributed by atoms with van der Waals surface area (Å²) >= 11 is 3.47. The number of nitrogens with zero attached hydrogens (tertiary/aromatic N) is 2. The van der Waals surface area contributed by atoms with Gasteiger partial charge in [-0.15, -0.1) is 11.3 Å². The van der Waals surface area contributed by atoms with Gasteiger partial charge in [0.15, 0.2) is 10.9 Å². The lowest BCUT2D eigenvalue weighted by Crippen LogP contribution is -1.93. The van der Waals surface area contributed by atoms with Crippen LogP contribution in [0.15, 0.2) is 24.5 Å². The smallest absolute Gasteiger partial charge is 0.175 e. The minimum absolute atomic E-state index is 0.806. The van der Waals surface area contributed by atoms with Crippen molar-refractivity contribution in [2.75, 3.05) is 6.61 Å². The van der Waals surface area contributed by atoms with E-state index in [0.29, 0.717) is 0 Å². The Balaban J connectivity index is 1.57. The van der Waals surface area contributed by atoms with Gasteiger partial charge in [0.25, 0.3) is 0 Å². The molecule has 3 aromatic rings. The third-order valence-corrected chi connectivity index (χ3v) is 6.62. The number of hydrogen-bond acceptors (Lipinski definition) is 5. The first-order valence-electron chi connectivity index (χ1n) is 9.77. The van der Waals surface area contributed by atoms with Crippen LogP contribution >= 0.6 is 22.7 Å². The zero-order valence-electron chi connectivity index (χ0n) is 15.8. The second-order valence-corrected chi connectivity index (χ2v) is 8.82. The SMILES string of the molecule is CCCCCCCc1cnc(-c2cc3sc(OCCCC)cc3s2)nc1. The summed E-state index contributed by atoms with van der Waals surface area (Å²) in [5.41, 5.74) is 1.25. The van der Waals surface area contributed by atoms with Gasteiger partial charge in [-0.25, -0.2) is 9.97 Å². The molecule has 26 heavy (non-hydrogen) atoms. The van der Waals surface area contributed by atoms with Crippen molar-refractivity contribution in [2.45, 2.75) is 65.2 Å². The fraction of sp³-hybridized carbons (Fsp3) is 0.524. The van der Waals surface area contributed by atoms with Crippen LogP contribution in [0.25, 0.3) is 20.1 Å². The van der Waals surface area contributed by atoms with Gasteiger partial charge in [-0.05, 0) is 30.9 Å². The van der Waals surface area contributed by atoms with Crippen LogP contribution < -0.4 is 4.74 Å². The summed E-state index contributed by atoms with van der Waals surface area (Å²) in [4.78, 5) is 10.3. The number of hydrogen-bond donors (Lipinski definition) is 0. The van der Waals surface area contributed by atoms with Gasteiger partial charge in [-0.1, -0.05) is 57.3 Å². The molecule has 3 rings (SSSR count). The lowest BCUT2D eigenvalue weighted by atomic mass is 10.1. The number of thiophene rings is 2. The maximum atomic E-state index is 5.81. The Morgan fingerprint density at radius 2 is 1.58 bits per heavy atom. The van der Waals surface area contributed by atoms with Gasteiger partial charge in [-0.2, -0.15) is 0 Å². The van der Waals surface area contributed by atoms with Crippen LogP contribution in [0.5, 0.6) is 5.06 Å². The molecular formula is C21H28N2OS2. The van der Waals surface area contributed by atoms with Crippen LogP contribution in [0.4, 0.5) is 0 Å². The van der Waals surface area contributed by atoms with E-state index in [2.05, 4.69) is 35.9 Å². The summed E-state index contributed by atoms with van der Waals surface area (Å²) in [7, 11) is 0. The predicted octanol–water partition coefficient (Wildman–Crippen LogP) is 7.11. The fourth-order valence-corrected chi connectivity index (χ4v) is 5.06. The molecule has 0 aliphatic rings. The van der Waals surface area contributed by atoms with Gasteiger partial charge in [0.1, 0.15) is 0 Å². The zero-order valence-corrected chi connectivity index (χ0v) is 17.4. The molecule has 0 atom stereocenters. The highest BCUT2D eigenvalue weighted by Crippen LogP contribution is 2.40. The van der Waals surface area contributed by atoms with Crippen molar-refractivity contribution in [3.05, 3.63) is 30.1 Å². The first kappa shape index (κ1) is 19.3. The number of aromatic nitrogens is 2.